The van der Waals surface area contributed by atoms with Gasteiger partial charge in [0.1, 0.15) is 6.10 Å². The lowest BCUT2D eigenvalue weighted by molar-refractivity contribution is -0.126. The van der Waals surface area contributed by atoms with Crippen molar-refractivity contribution in [3.8, 4) is 0 Å². The number of aromatic nitrogens is 1. The summed E-state index contributed by atoms with van der Waals surface area (Å²) in [4.78, 5) is 19.1. The standard InChI is InChI=1S/C15H24N4O2S.2ClH/c16-8-12-4-5-13(21-12)14(20)18-15-17-11(10-22-15)9-19-6-2-1-3-7-19;;/h10,12-13H,1-9,16H2,(H,17,18,20);2*1H/t12-,13+;;/m1../s1. The van der Waals surface area contributed by atoms with Gasteiger partial charge in [0, 0.05) is 18.5 Å². The Morgan fingerprint density at radius 1 is 1.33 bits per heavy atom. The summed E-state index contributed by atoms with van der Waals surface area (Å²) in [5.41, 5.74) is 6.61. The largest absolute Gasteiger partial charge is 0.364 e. The van der Waals surface area contributed by atoms with Crippen molar-refractivity contribution < 1.29 is 9.53 Å². The van der Waals surface area contributed by atoms with E-state index in [1.807, 2.05) is 5.38 Å². The zero-order valence-corrected chi connectivity index (χ0v) is 16.1. The minimum Gasteiger partial charge on any atom is -0.364 e. The lowest BCUT2D eigenvalue weighted by Crippen LogP contribution is -2.30. The van der Waals surface area contributed by atoms with E-state index in [-0.39, 0.29) is 42.9 Å². The molecule has 3 N–H and O–H groups in total. The van der Waals surface area contributed by atoms with Gasteiger partial charge in [0.2, 0.25) is 0 Å². The van der Waals surface area contributed by atoms with Crippen molar-refractivity contribution in [2.24, 2.45) is 5.73 Å². The molecular formula is C15H26Cl2N4O2S. The molecule has 1 aromatic heterocycles. The molecule has 1 aromatic rings. The Morgan fingerprint density at radius 3 is 2.75 bits per heavy atom. The third-order valence-corrected chi connectivity index (χ3v) is 5.09. The maximum Gasteiger partial charge on any atom is 0.255 e. The first-order valence-electron chi connectivity index (χ1n) is 8.08. The number of nitrogens with two attached hydrogens (primary N) is 1. The quantitative estimate of drug-likeness (QED) is 0.798. The number of carbonyl (C=O) groups is 1. The van der Waals surface area contributed by atoms with Crippen LogP contribution in [-0.2, 0) is 16.1 Å². The van der Waals surface area contributed by atoms with E-state index >= 15 is 0 Å². The summed E-state index contributed by atoms with van der Waals surface area (Å²) < 4.78 is 5.60. The Morgan fingerprint density at radius 2 is 2.08 bits per heavy atom. The van der Waals surface area contributed by atoms with E-state index in [0.29, 0.717) is 11.7 Å². The van der Waals surface area contributed by atoms with Gasteiger partial charge in [0.25, 0.3) is 5.91 Å². The average Bonchev–Trinajstić information content (AvgIpc) is 3.17. The molecule has 0 spiro atoms. The zero-order chi connectivity index (χ0) is 15.4. The van der Waals surface area contributed by atoms with E-state index in [1.54, 1.807) is 0 Å². The number of carbonyl (C=O) groups excluding carboxylic acids is 1. The molecule has 1 amide bonds. The van der Waals surface area contributed by atoms with Gasteiger partial charge >= 0.3 is 0 Å². The zero-order valence-electron chi connectivity index (χ0n) is 13.6. The Balaban J connectivity index is 0.00000144. The first-order valence-corrected chi connectivity index (χ1v) is 8.95. The molecule has 138 valence electrons. The van der Waals surface area contributed by atoms with Crippen molar-refractivity contribution in [2.75, 3.05) is 25.0 Å². The van der Waals surface area contributed by atoms with Crippen LogP contribution in [0, 0.1) is 0 Å². The van der Waals surface area contributed by atoms with Crippen molar-refractivity contribution in [1.82, 2.24) is 9.88 Å². The van der Waals surface area contributed by atoms with Gasteiger partial charge in [-0.3, -0.25) is 15.0 Å². The predicted octanol–water partition coefficient (Wildman–Crippen LogP) is 2.42. The third-order valence-electron chi connectivity index (χ3n) is 4.28. The van der Waals surface area contributed by atoms with Gasteiger partial charge in [-0.1, -0.05) is 6.42 Å². The van der Waals surface area contributed by atoms with E-state index < -0.39 is 0 Å². The molecule has 9 heteroatoms. The fourth-order valence-corrected chi connectivity index (χ4v) is 3.75. The average molecular weight is 397 g/mol. The SMILES string of the molecule is Cl.Cl.NC[C@H]1CC[C@@H](C(=O)Nc2nc(CN3CCCCC3)cs2)O1. The number of piperidine rings is 1. The van der Waals surface area contributed by atoms with Crippen LogP contribution in [0.2, 0.25) is 0 Å². The smallest absolute Gasteiger partial charge is 0.255 e. The van der Waals surface area contributed by atoms with Gasteiger partial charge in [-0.2, -0.15) is 0 Å². The highest BCUT2D eigenvalue weighted by Gasteiger charge is 2.30. The van der Waals surface area contributed by atoms with Crippen LogP contribution in [0.3, 0.4) is 0 Å². The number of likely N-dealkylation sites (tertiary alicyclic amines) is 1. The van der Waals surface area contributed by atoms with Gasteiger partial charge in [0.05, 0.1) is 11.8 Å². The van der Waals surface area contributed by atoms with Crippen molar-refractivity contribution in [3.63, 3.8) is 0 Å². The molecule has 0 unspecified atom stereocenters. The number of nitrogens with zero attached hydrogens (tertiary/aromatic N) is 2. The fraction of sp³-hybridized carbons (Fsp3) is 0.733. The molecule has 2 fully saturated rings. The van der Waals surface area contributed by atoms with Gasteiger partial charge in [-0.25, -0.2) is 4.98 Å². The van der Waals surface area contributed by atoms with Gasteiger partial charge < -0.3 is 10.5 Å². The van der Waals surface area contributed by atoms with E-state index in [2.05, 4.69) is 15.2 Å². The molecule has 0 saturated carbocycles. The molecule has 2 aliphatic heterocycles. The molecule has 6 nitrogen and oxygen atoms in total. The number of amides is 1. The molecule has 0 aromatic carbocycles. The number of thiazole rings is 1. The maximum absolute atomic E-state index is 12.2. The molecular weight excluding hydrogens is 371 g/mol. The third kappa shape index (κ3) is 5.82. The van der Waals surface area contributed by atoms with Crippen LogP contribution in [0.4, 0.5) is 5.13 Å². The fourth-order valence-electron chi connectivity index (χ4n) is 3.04. The summed E-state index contributed by atoms with van der Waals surface area (Å²) in [5.74, 6) is -0.102. The van der Waals surface area contributed by atoms with Gasteiger partial charge in [-0.05, 0) is 38.8 Å². The summed E-state index contributed by atoms with van der Waals surface area (Å²) in [6.07, 6.45) is 5.10. The normalized spacial score (nSPS) is 24.0. The number of hydrogen-bond donors (Lipinski definition) is 2. The summed E-state index contributed by atoms with van der Waals surface area (Å²) in [5, 5.41) is 5.56. The molecule has 3 heterocycles. The minimum atomic E-state index is -0.386. The summed E-state index contributed by atoms with van der Waals surface area (Å²) in [6.45, 7) is 3.65. The highest BCUT2D eigenvalue weighted by Crippen LogP contribution is 2.22. The Labute approximate surface area is 159 Å². The number of nitrogens with one attached hydrogen (secondary N) is 1. The Bertz CT molecular complexity index is 511. The molecule has 3 rings (SSSR count). The molecule has 0 aliphatic carbocycles. The second-order valence-electron chi connectivity index (χ2n) is 6.03. The van der Waals surface area contributed by atoms with E-state index in [4.69, 9.17) is 10.5 Å². The molecule has 24 heavy (non-hydrogen) atoms. The van der Waals surface area contributed by atoms with Crippen molar-refractivity contribution in [2.45, 2.75) is 50.9 Å². The van der Waals surface area contributed by atoms with Crippen molar-refractivity contribution in [3.05, 3.63) is 11.1 Å². The first kappa shape index (κ1) is 21.6. The summed E-state index contributed by atoms with van der Waals surface area (Å²) >= 11 is 1.48. The van der Waals surface area contributed by atoms with Crippen molar-refractivity contribution in [1.29, 1.82) is 0 Å². The number of ether oxygens (including phenoxy) is 1. The predicted molar refractivity (Wildman–Crippen MR) is 101 cm³/mol. The van der Waals surface area contributed by atoms with Crippen LogP contribution >= 0.6 is 36.2 Å². The van der Waals surface area contributed by atoms with Crippen LogP contribution in [0.1, 0.15) is 37.8 Å². The number of rotatable bonds is 5. The second-order valence-corrected chi connectivity index (χ2v) is 6.89. The van der Waals surface area contributed by atoms with Crippen molar-refractivity contribution >= 4 is 47.2 Å². The molecule has 0 bridgehead atoms. The summed E-state index contributed by atoms with van der Waals surface area (Å²) in [7, 11) is 0. The van der Waals surface area contributed by atoms with E-state index in [0.717, 1.165) is 38.2 Å². The number of hydrogen-bond acceptors (Lipinski definition) is 6. The lowest BCUT2D eigenvalue weighted by atomic mass is 10.1. The van der Waals surface area contributed by atoms with Crippen LogP contribution in [-0.4, -0.2) is 47.6 Å². The molecule has 2 aliphatic rings. The molecule has 2 atom stereocenters. The Hall–Kier alpha value is -0.440. The molecule has 2 saturated heterocycles. The highest BCUT2D eigenvalue weighted by atomic mass is 35.5. The van der Waals surface area contributed by atoms with Crippen LogP contribution in [0.5, 0.6) is 0 Å². The molecule has 0 radical (unpaired) electrons. The highest BCUT2D eigenvalue weighted by molar-refractivity contribution is 7.13. The first-order chi connectivity index (χ1) is 10.7. The lowest BCUT2D eigenvalue weighted by Gasteiger charge is -2.25. The summed E-state index contributed by atoms with van der Waals surface area (Å²) in [6, 6.07) is 0. The minimum absolute atomic E-state index is 0. The van der Waals surface area contributed by atoms with Crippen LogP contribution in [0.25, 0.3) is 0 Å². The van der Waals surface area contributed by atoms with Crippen LogP contribution < -0.4 is 11.1 Å². The van der Waals surface area contributed by atoms with E-state index in [9.17, 15) is 4.79 Å². The maximum atomic E-state index is 12.2. The number of halogens is 2. The van der Waals surface area contributed by atoms with Gasteiger partial charge in [0.15, 0.2) is 5.13 Å². The van der Waals surface area contributed by atoms with Crippen LogP contribution in [0.15, 0.2) is 5.38 Å². The van der Waals surface area contributed by atoms with E-state index in [1.165, 1.54) is 30.6 Å². The monoisotopic (exact) mass is 396 g/mol. The number of anilines is 1. The second kappa shape index (κ2) is 10.5. The Kier molecular flexibility index (Phi) is 9.48. The topological polar surface area (TPSA) is 80.5 Å². The van der Waals surface area contributed by atoms with Gasteiger partial charge in [-0.15, -0.1) is 36.2 Å².